The first kappa shape index (κ1) is 19.5. The van der Waals surface area contributed by atoms with E-state index in [9.17, 15) is 22.4 Å². The first-order chi connectivity index (χ1) is 12.7. The van der Waals surface area contributed by atoms with Gasteiger partial charge in [0.2, 0.25) is 5.91 Å². The van der Waals surface area contributed by atoms with Crippen molar-refractivity contribution in [3.63, 3.8) is 0 Å². The standard InChI is InChI=1S/C15H11BrF4N4O2S/c1-6-11(16)12(13(17)18)23-24(6)5-10(25)22-15-21-8-3-2-7(26-14(19)20)4-9(8)27-15/h2-4,13-14H,5H2,1H3,(H,21,22,25). The Hall–Kier alpha value is -2.21. The number of nitrogens with one attached hydrogen (secondary N) is 1. The lowest BCUT2D eigenvalue weighted by Gasteiger charge is -2.04. The maximum Gasteiger partial charge on any atom is 0.387 e. The largest absolute Gasteiger partial charge is 0.435 e. The zero-order valence-corrected chi connectivity index (χ0v) is 16.0. The van der Waals surface area contributed by atoms with E-state index in [0.717, 1.165) is 16.0 Å². The smallest absolute Gasteiger partial charge is 0.387 e. The fraction of sp³-hybridized carbons (Fsp3) is 0.267. The molecule has 0 aliphatic heterocycles. The molecule has 144 valence electrons. The van der Waals surface area contributed by atoms with Gasteiger partial charge in [0.15, 0.2) is 5.13 Å². The number of alkyl halides is 4. The van der Waals surface area contributed by atoms with E-state index in [1.807, 2.05) is 0 Å². The van der Waals surface area contributed by atoms with E-state index in [2.05, 4.69) is 36.1 Å². The molecule has 1 amide bonds. The van der Waals surface area contributed by atoms with Gasteiger partial charge in [-0.15, -0.1) is 0 Å². The van der Waals surface area contributed by atoms with Crippen molar-refractivity contribution in [3.05, 3.63) is 34.1 Å². The van der Waals surface area contributed by atoms with Crippen LogP contribution >= 0.6 is 27.3 Å². The van der Waals surface area contributed by atoms with Crippen LogP contribution in [0.25, 0.3) is 10.2 Å². The van der Waals surface area contributed by atoms with Gasteiger partial charge in [0.25, 0.3) is 6.43 Å². The summed E-state index contributed by atoms with van der Waals surface area (Å²) in [6.07, 6.45) is -2.77. The quantitative estimate of drug-likeness (QED) is 0.532. The van der Waals surface area contributed by atoms with Crippen molar-refractivity contribution in [1.29, 1.82) is 0 Å². The van der Waals surface area contributed by atoms with E-state index in [1.165, 1.54) is 18.2 Å². The second-order valence-corrected chi connectivity index (χ2v) is 7.14. The highest BCUT2D eigenvalue weighted by Gasteiger charge is 2.21. The van der Waals surface area contributed by atoms with Gasteiger partial charge in [-0.3, -0.25) is 9.48 Å². The molecule has 6 nitrogen and oxygen atoms in total. The van der Waals surface area contributed by atoms with Crippen LogP contribution in [0.15, 0.2) is 22.7 Å². The minimum absolute atomic E-state index is 0.0180. The molecule has 12 heteroatoms. The van der Waals surface area contributed by atoms with E-state index >= 15 is 0 Å². The van der Waals surface area contributed by atoms with Crippen LogP contribution in [0, 0.1) is 6.92 Å². The van der Waals surface area contributed by atoms with Gasteiger partial charge >= 0.3 is 6.61 Å². The number of carbonyl (C=O) groups excluding carboxylic acids is 1. The molecule has 0 unspecified atom stereocenters. The first-order valence-corrected chi connectivity index (χ1v) is 9.01. The van der Waals surface area contributed by atoms with Crippen LogP contribution in [-0.2, 0) is 11.3 Å². The van der Waals surface area contributed by atoms with E-state index in [0.29, 0.717) is 15.9 Å². The van der Waals surface area contributed by atoms with E-state index in [1.54, 1.807) is 6.92 Å². The van der Waals surface area contributed by atoms with Crippen LogP contribution < -0.4 is 10.1 Å². The number of halogens is 5. The SMILES string of the molecule is Cc1c(Br)c(C(F)F)nn1CC(=O)Nc1nc2ccc(OC(F)F)cc2s1. The third-order valence-electron chi connectivity index (χ3n) is 3.49. The van der Waals surface area contributed by atoms with Gasteiger partial charge in [0.1, 0.15) is 18.0 Å². The molecule has 0 fully saturated rings. The number of amides is 1. The van der Waals surface area contributed by atoms with Crippen molar-refractivity contribution in [2.75, 3.05) is 5.32 Å². The van der Waals surface area contributed by atoms with E-state index in [4.69, 9.17) is 0 Å². The minimum Gasteiger partial charge on any atom is -0.435 e. The number of hydrogen-bond donors (Lipinski definition) is 1. The monoisotopic (exact) mass is 466 g/mol. The lowest BCUT2D eigenvalue weighted by molar-refractivity contribution is -0.117. The number of carbonyl (C=O) groups is 1. The summed E-state index contributed by atoms with van der Waals surface area (Å²) in [4.78, 5) is 16.4. The maximum absolute atomic E-state index is 12.9. The van der Waals surface area contributed by atoms with Gasteiger partial charge in [0.05, 0.1) is 20.4 Å². The number of benzene rings is 1. The van der Waals surface area contributed by atoms with Crippen LogP contribution in [0.1, 0.15) is 17.8 Å². The Balaban J connectivity index is 1.73. The summed E-state index contributed by atoms with van der Waals surface area (Å²) < 4.78 is 56.4. The second-order valence-electron chi connectivity index (χ2n) is 5.32. The molecule has 2 heterocycles. The molecule has 0 aliphatic carbocycles. The lowest BCUT2D eigenvalue weighted by atomic mass is 10.3. The molecule has 1 aromatic carbocycles. The van der Waals surface area contributed by atoms with Gasteiger partial charge in [-0.05, 0) is 41.1 Å². The van der Waals surface area contributed by atoms with Gasteiger partial charge in [-0.1, -0.05) is 11.3 Å². The number of rotatable bonds is 6. The van der Waals surface area contributed by atoms with Crippen LogP contribution in [0.5, 0.6) is 5.75 Å². The van der Waals surface area contributed by atoms with Crippen LogP contribution in [0.4, 0.5) is 22.7 Å². The van der Waals surface area contributed by atoms with Gasteiger partial charge in [0, 0.05) is 0 Å². The normalized spacial score (nSPS) is 11.6. The topological polar surface area (TPSA) is 69.0 Å². The first-order valence-electron chi connectivity index (χ1n) is 7.40. The summed E-state index contributed by atoms with van der Waals surface area (Å²) >= 11 is 4.10. The van der Waals surface area contributed by atoms with Crippen molar-refractivity contribution in [2.45, 2.75) is 26.5 Å². The second kappa shape index (κ2) is 7.80. The average molecular weight is 467 g/mol. The molecule has 0 atom stereocenters. The van der Waals surface area contributed by atoms with Crippen molar-refractivity contribution < 1.29 is 27.1 Å². The third-order valence-corrected chi connectivity index (χ3v) is 5.40. The van der Waals surface area contributed by atoms with Crippen LogP contribution in [0.3, 0.4) is 0 Å². The molecule has 0 radical (unpaired) electrons. The Labute approximate surface area is 162 Å². The third kappa shape index (κ3) is 4.38. The van der Waals surface area contributed by atoms with E-state index in [-0.39, 0.29) is 21.9 Å². The summed E-state index contributed by atoms with van der Waals surface area (Å²) in [5, 5.41) is 6.51. The predicted molar refractivity (Wildman–Crippen MR) is 94.5 cm³/mol. The Kier molecular flexibility index (Phi) is 5.65. The molecular weight excluding hydrogens is 456 g/mol. The summed E-state index contributed by atoms with van der Waals surface area (Å²) in [7, 11) is 0. The molecule has 0 aliphatic rings. The Bertz CT molecular complexity index is 992. The van der Waals surface area contributed by atoms with Gasteiger partial charge in [-0.2, -0.15) is 13.9 Å². The number of fused-ring (bicyclic) bond motifs is 1. The molecule has 0 bridgehead atoms. The molecule has 27 heavy (non-hydrogen) atoms. The highest BCUT2D eigenvalue weighted by molar-refractivity contribution is 9.10. The van der Waals surface area contributed by atoms with Gasteiger partial charge in [-0.25, -0.2) is 13.8 Å². The highest BCUT2D eigenvalue weighted by Crippen LogP contribution is 2.31. The molecule has 0 saturated heterocycles. The summed E-state index contributed by atoms with van der Waals surface area (Å²) in [5.74, 6) is -0.535. The van der Waals surface area contributed by atoms with Crippen molar-refractivity contribution in [1.82, 2.24) is 14.8 Å². The minimum atomic E-state index is -2.94. The summed E-state index contributed by atoms with van der Waals surface area (Å²) in [6, 6.07) is 4.22. The number of nitrogens with zero attached hydrogens (tertiary/aromatic N) is 3. The fourth-order valence-electron chi connectivity index (χ4n) is 2.27. The number of hydrogen-bond acceptors (Lipinski definition) is 5. The van der Waals surface area contributed by atoms with Crippen LogP contribution in [-0.4, -0.2) is 27.3 Å². The predicted octanol–water partition coefficient (Wildman–Crippen LogP) is 4.74. The molecule has 0 spiro atoms. The zero-order valence-electron chi connectivity index (χ0n) is 13.6. The molecule has 3 rings (SSSR count). The molecule has 3 aromatic rings. The summed E-state index contributed by atoms with van der Waals surface area (Å²) in [5.41, 5.74) is 0.445. The highest BCUT2D eigenvalue weighted by atomic mass is 79.9. The average Bonchev–Trinajstić information content (AvgIpc) is 3.09. The van der Waals surface area contributed by atoms with Crippen LogP contribution in [0.2, 0.25) is 0 Å². The number of ether oxygens (including phenoxy) is 1. The van der Waals surface area contributed by atoms with E-state index < -0.39 is 24.6 Å². The van der Waals surface area contributed by atoms with Crippen molar-refractivity contribution >= 4 is 48.5 Å². The Morgan fingerprint density at radius 1 is 1.37 bits per heavy atom. The van der Waals surface area contributed by atoms with Crippen molar-refractivity contribution in [3.8, 4) is 5.75 Å². The summed E-state index contributed by atoms with van der Waals surface area (Å²) in [6.45, 7) is -1.67. The fourth-order valence-corrected chi connectivity index (χ4v) is 3.64. The number of thiazole rings is 1. The number of anilines is 1. The molecule has 0 saturated carbocycles. The Morgan fingerprint density at radius 3 is 2.74 bits per heavy atom. The molecular formula is C15H11BrF4N4O2S. The zero-order chi connectivity index (χ0) is 19.7. The Morgan fingerprint density at radius 2 is 2.11 bits per heavy atom. The van der Waals surface area contributed by atoms with Crippen molar-refractivity contribution in [2.24, 2.45) is 0 Å². The molecule has 2 aromatic heterocycles. The molecule has 1 N–H and O–H groups in total. The van der Waals surface area contributed by atoms with Gasteiger partial charge < -0.3 is 10.1 Å². The maximum atomic E-state index is 12.9. The lowest BCUT2D eigenvalue weighted by Crippen LogP contribution is -2.20. The number of aromatic nitrogens is 3.